The summed E-state index contributed by atoms with van der Waals surface area (Å²) in [6.45, 7) is 3.66. The fourth-order valence-electron chi connectivity index (χ4n) is 1.35. The van der Waals surface area contributed by atoms with Crippen molar-refractivity contribution in [1.82, 2.24) is 15.4 Å². The molecule has 0 saturated heterocycles. The fraction of sp³-hybridized carbons (Fsp3) is 0.800. The molecule has 112 valence electrons. The van der Waals surface area contributed by atoms with Crippen LogP contribution in [0.1, 0.15) is 26.7 Å². The number of carbonyl (C=O) groups is 2. The van der Waals surface area contributed by atoms with E-state index >= 15 is 0 Å². The van der Waals surface area contributed by atoms with Crippen molar-refractivity contribution in [3.05, 3.63) is 0 Å². The van der Waals surface area contributed by atoms with Crippen molar-refractivity contribution in [3.63, 3.8) is 0 Å². The highest BCUT2D eigenvalue weighted by atomic mass is 32.2. The van der Waals surface area contributed by atoms with Crippen LogP contribution >= 0.6 is 0 Å². The Balaban J connectivity index is 4.08. The standard InChI is InChI=1S/C10H21N3O5S/c1-3-5-8(9(14)15)13-10(16)11-6-7-19(17,18)12-4-2/h8,12H,3-7H2,1-2H3,(H,14,15)(H2,11,13,16)/t8-/m0/s1. The van der Waals surface area contributed by atoms with Crippen LogP contribution in [0.5, 0.6) is 0 Å². The molecule has 0 aromatic carbocycles. The zero-order valence-corrected chi connectivity index (χ0v) is 11.9. The fourth-order valence-corrected chi connectivity index (χ4v) is 2.30. The lowest BCUT2D eigenvalue weighted by atomic mass is 10.2. The van der Waals surface area contributed by atoms with Crippen LogP contribution in [0.3, 0.4) is 0 Å². The van der Waals surface area contributed by atoms with Gasteiger partial charge in [0, 0.05) is 13.1 Å². The predicted octanol–water partition coefficient (Wildman–Crippen LogP) is -0.522. The Labute approximate surface area is 113 Å². The molecule has 0 rings (SSSR count). The van der Waals surface area contributed by atoms with Crippen LogP contribution in [0.15, 0.2) is 0 Å². The number of amides is 2. The summed E-state index contributed by atoms with van der Waals surface area (Å²) in [4.78, 5) is 22.2. The van der Waals surface area contributed by atoms with Gasteiger partial charge in [-0.25, -0.2) is 22.7 Å². The number of nitrogens with one attached hydrogen (secondary N) is 3. The molecule has 4 N–H and O–H groups in total. The van der Waals surface area contributed by atoms with Gasteiger partial charge in [0.1, 0.15) is 6.04 Å². The van der Waals surface area contributed by atoms with Gasteiger partial charge in [0.05, 0.1) is 5.75 Å². The van der Waals surface area contributed by atoms with Crippen LogP contribution < -0.4 is 15.4 Å². The van der Waals surface area contributed by atoms with E-state index in [1.54, 1.807) is 13.8 Å². The number of hydrogen-bond acceptors (Lipinski definition) is 4. The summed E-state index contributed by atoms with van der Waals surface area (Å²) >= 11 is 0. The van der Waals surface area contributed by atoms with Crippen molar-refractivity contribution in [2.24, 2.45) is 0 Å². The highest BCUT2D eigenvalue weighted by molar-refractivity contribution is 7.89. The van der Waals surface area contributed by atoms with Crippen LogP contribution in [0, 0.1) is 0 Å². The van der Waals surface area contributed by atoms with Crippen molar-refractivity contribution in [3.8, 4) is 0 Å². The van der Waals surface area contributed by atoms with E-state index in [4.69, 9.17) is 5.11 Å². The van der Waals surface area contributed by atoms with Crippen molar-refractivity contribution < 1.29 is 23.1 Å². The summed E-state index contributed by atoms with van der Waals surface area (Å²) in [7, 11) is -3.39. The quantitative estimate of drug-likeness (QED) is 0.455. The van der Waals surface area contributed by atoms with Crippen molar-refractivity contribution in [2.45, 2.75) is 32.7 Å². The maximum absolute atomic E-state index is 11.4. The van der Waals surface area contributed by atoms with Gasteiger partial charge in [-0.05, 0) is 6.42 Å². The molecular weight excluding hydrogens is 274 g/mol. The minimum absolute atomic E-state index is 0.0837. The largest absolute Gasteiger partial charge is 0.480 e. The van der Waals surface area contributed by atoms with Gasteiger partial charge >= 0.3 is 12.0 Å². The third kappa shape index (κ3) is 8.38. The molecule has 9 heteroatoms. The lowest BCUT2D eigenvalue weighted by Crippen LogP contribution is -2.47. The van der Waals surface area contributed by atoms with Crippen LogP contribution in [-0.4, -0.2) is 50.4 Å². The summed E-state index contributed by atoms with van der Waals surface area (Å²) in [5.74, 6) is -1.36. The first kappa shape index (κ1) is 17.6. The summed E-state index contributed by atoms with van der Waals surface area (Å²) < 4.78 is 24.8. The number of urea groups is 1. The number of carboxylic acids is 1. The van der Waals surface area contributed by atoms with Gasteiger partial charge < -0.3 is 15.7 Å². The summed E-state index contributed by atoms with van der Waals surface area (Å²) in [6, 6.07) is -1.65. The first-order chi connectivity index (χ1) is 8.82. The molecular formula is C10H21N3O5S. The van der Waals surface area contributed by atoms with E-state index in [1.807, 2.05) is 0 Å². The zero-order chi connectivity index (χ0) is 14.9. The molecule has 0 aromatic heterocycles. The molecule has 0 saturated carbocycles. The van der Waals surface area contributed by atoms with Crippen LogP contribution in [-0.2, 0) is 14.8 Å². The minimum atomic E-state index is -3.39. The Morgan fingerprint density at radius 3 is 2.37 bits per heavy atom. The Morgan fingerprint density at radius 2 is 1.89 bits per heavy atom. The highest BCUT2D eigenvalue weighted by Crippen LogP contribution is 1.96. The van der Waals surface area contributed by atoms with Crippen LogP contribution in [0.2, 0.25) is 0 Å². The van der Waals surface area contributed by atoms with Crippen molar-refractivity contribution in [2.75, 3.05) is 18.8 Å². The molecule has 2 amide bonds. The first-order valence-corrected chi connectivity index (χ1v) is 7.72. The lowest BCUT2D eigenvalue weighted by Gasteiger charge is -2.14. The maximum Gasteiger partial charge on any atom is 0.326 e. The number of sulfonamides is 1. The van der Waals surface area contributed by atoms with Gasteiger partial charge in [-0.15, -0.1) is 0 Å². The number of hydrogen-bond donors (Lipinski definition) is 4. The summed E-state index contributed by atoms with van der Waals surface area (Å²) in [6.07, 6.45) is 0.935. The number of rotatable bonds is 9. The molecule has 1 atom stereocenters. The van der Waals surface area contributed by atoms with E-state index in [0.717, 1.165) is 0 Å². The van der Waals surface area contributed by atoms with E-state index in [-0.39, 0.29) is 18.8 Å². The van der Waals surface area contributed by atoms with E-state index in [0.29, 0.717) is 12.8 Å². The molecule has 0 unspecified atom stereocenters. The molecule has 0 spiro atoms. The Morgan fingerprint density at radius 1 is 1.26 bits per heavy atom. The van der Waals surface area contributed by atoms with E-state index in [9.17, 15) is 18.0 Å². The normalized spacial score (nSPS) is 12.7. The van der Waals surface area contributed by atoms with Gasteiger partial charge in [-0.2, -0.15) is 0 Å². The Bertz CT molecular complexity index is 396. The molecule has 0 heterocycles. The van der Waals surface area contributed by atoms with E-state index < -0.39 is 28.1 Å². The average molecular weight is 295 g/mol. The molecule has 0 bridgehead atoms. The number of carbonyl (C=O) groups excluding carboxylic acids is 1. The van der Waals surface area contributed by atoms with Crippen LogP contribution in [0.25, 0.3) is 0 Å². The highest BCUT2D eigenvalue weighted by Gasteiger charge is 2.18. The Kier molecular flexibility index (Phi) is 8.08. The molecule has 0 radical (unpaired) electrons. The molecule has 19 heavy (non-hydrogen) atoms. The van der Waals surface area contributed by atoms with Gasteiger partial charge in [0.25, 0.3) is 0 Å². The second-order valence-electron chi connectivity index (χ2n) is 3.90. The summed E-state index contributed by atoms with van der Waals surface area (Å²) in [5.41, 5.74) is 0. The van der Waals surface area contributed by atoms with Crippen LogP contribution in [0.4, 0.5) is 4.79 Å². The summed E-state index contributed by atoms with van der Waals surface area (Å²) in [5, 5.41) is 13.4. The van der Waals surface area contributed by atoms with E-state index in [2.05, 4.69) is 15.4 Å². The molecule has 0 aromatic rings. The maximum atomic E-state index is 11.4. The molecule has 0 aliphatic heterocycles. The third-order valence-electron chi connectivity index (χ3n) is 2.20. The smallest absolute Gasteiger partial charge is 0.326 e. The topological polar surface area (TPSA) is 125 Å². The molecule has 0 aliphatic rings. The van der Waals surface area contributed by atoms with Gasteiger partial charge in [-0.3, -0.25) is 0 Å². The monoisotopic (exact) mass is 295 g/mol. The lowest BCUT2D eigenvalue weighted by molar-refractivity contribution is -0.139. The third-order valence-corrected chi connectivity index (χ3v) is 3.67. The SMILES string of the molecule is CCC[C@H](NC(=O)NCCS(=O)(=O)NCC)C(=O)O. The molecule has 0 aliphatic carbocycles. The minimum Gasteiger partial charge on any atom is -0.480 e. The van der Waals surface area contributed by atoms with Crippen molar-refractivity contribution >= 4 is 22.0 Å². The number of aliphatic carboxylic acids is 1. The number of carboxylic acid groups (broad SMARTS) is 1. The van der Waals surface area contributed by atoms with E-state index in [1.165, 1.54) is 0 Å². The van der Waals surface area contributed by atoms with Gasteiger partial charge in [0.2, 0.25) is 10.0 Å². The second-order valence-corrected chi connectivity index (χ2v) is 5.82. The van der Waals surface area contributed by atoms with Gasteiger partial charge in [0.15, 0.2) is 0 Å². The predicted molar refractivity (Wildman–Crippen MR) is 70.3 cm³/mol. The molecule has 0 fully saturated rings. The van der Waals surface area contributed by atoms with Crippen molar-refractivity contribution in [1.29, 1.82) is 0 Å². The Hall–Kier alpha value is -1.35. The van der Waals surface area contributed by atoms with Gasteiger partial charge in [-0.1, -0.05) is 20.3 Å². The second kappa shape index (κ2) is 8.70. The molecule has 8 nitrogen and oxygen atoms in total. The average Bonchev–Trinajstić information content (AvgIpc) is 2.27. The zero-order valence-electron chi connectivity index (χ0n) is 11.1. The first-order valence-electron chi connectivity index (χ1n) is 6.06.